The Morgan fingerprint density at radius 3 is 1.23 bits per heavy atom. The number of fused-ring (bicyclic) bond motifs is 3. The fourth-order valence-electron chi connectivity index (χ4n) is 7.86. The summed E-state index contributed by atoms with van der Waals surface area (Å²) < 4.78 is 2.52. The molecular weight excluding hydrogens is 763 g/mol. The average molecular weight is 798 g/mol. The Morgan fingerprint density at radius 1 is 0.230 bits per heavy atom. The third-order valence-corrected chi connectivity index (χ3v) is 12.1. The van der Waals surface area contributed by atoms with Crippen molar-refractivity contribution in [1.29, 1.82) is 0 Å². The van der Waals surface area contributed by atoms with Crippen LogP contribution in [-0.2, 0) is 0 Å². The molecule has 5 nitrogen and oxygen atoms in total. The van der Waals surface area contributed by atoms with E-state index in [1.165, 1.54) is 20.2 Å². The van der Waals surface area contributed by atoms with Gasteiger partial charge in [-0.1, -0.05) is 176 Å². The first-order valence-electron chi connectivity index (χ1n) is 20.2. The van der Waals surface area contributed by atoms with Gasteiger partial charge < -0.3 is 0 Å². The normalized spacial score (nSPS) is 11.3. The summed E-state index contributed by atoms with van der Waals surface area (Å²) in [6, 6.07) is 73.4. The molecule has 11 aromatic rings. The van der Waals surface area contributed by atoms with Gasteiger partial charge in [-0.2, -0.15) is 0 Å². The highest BCUT2D eigenvalue weighted by molar-refractivity contribution is 7.25. The first-order chi connectivity index (χ1) is 30.2. The first-order valence-corrected chi connectivity index (χ1v) is 21.0. The van der Waals surface area contributed by atoms with E-state index in [1.54, 1.807) is 0 Å². The van der Waals surface area contributed by atoms with Gasteiger partial charge in [-0.15, -0.1) is 11.3 Å². The van der Waals surface area contributed by atoms with Gasteiger partial charge in [-0.3, -0.25) is 0 Å². The molecule has 0 atom stereocenters. The average Bonchev–Trinajstić information content (AvgIpc) is 3.73. The van der Waals surface area contributed by atoms with Crippen molar-refractivity contribution in [1.82, 2.24) is 24.9 Å². The van der Waals surface area contributed by atoms with E-state index in [-0.39, 0.29) is 0 Å². The predicted octanol–water partition coefficient (Wildman–Crippen LogP) is 14.4. The van der Waals surface area contributed by atoms with Crippen molar-refractivity contribution in [3.8, 4) is 90.3 Å². The lowest BCUT2D eigenvalue weighted by atomic mass is 10.00. The van der Waals surface area contributed by atoms with E-state index in [0.717, 1.165) is 67.0 Å². The highest BCUT2D eigenvalue weighted by Crippen LogP contribution is 2.38. The molecule has 6 heteroatoms. The summed E-state index contributed by atoms with van der Waals surface area (Å²) >= 11 is 1.81. The van der Waals surface area contributed by atoms with Crippen molar-refractivity contribution in [3.63, 3.8) is 0 Å². The van der Waals surface area contributed by atoms with Crippen molar-refractivity contribution in [2.24, 2.45) is 0 Å². The molecule has 0 aliphatic heterocycles. The van der Waals surface area contributed by atoms with Crippen LogP contribution in [0.5, 0.6) is 0 Å². The third kappa shape index (κ3) is 7.26. The van der Waals surface area contributed by atoms with E-state index in [1.807, 2.05) is 65.9 Å². The first kappa shape index (κ1) is 36.2. The van der Waals surface area contributed by atoms with Crippen molar-refractivity contribution < 1.29 is 0 Å². The summed E-state index contributed by atoms with van der Waals surface area (Å²) in [5.41, 5.74) is 11.8. The second kappa shape index (κ2) is 15.7. The Kier molecular flexibility index (Phi) is 9.30. The number of aromatic nitrogens is 5. The van der Waals surface area contributed by atoms with Crippen LogP contribution >= 0.6 is 11.3 Å². The molecule has 0 saturated carbocycles. The van der Waals surface area contributed by atoms with Crippen LogP contribution in [0.25, 0.3) is 110 Å². The zero-order chi connectivity index (χ0) is 40.5. The van der Waals surface area contributed by atoms with Crippen LogP contribution in [0.4, 0.5) is 0 Å². The van der Waals surface area contributed by atoms with Crippen LogP contribution in [0.1, 0.15) is 0 Å². The molecule has 3 heterocycles. The molecule has 0 aliphatic carbocycles. The van der Waals surface area contributed by atoms with Gasteiger partial charge in [0.05, 0.1) is 11.4 Å². The monoisotopic (exact) mass is 797 g/mol. The maximum Gasteiger partial charge on any atom is 0.164 e. The van der Waals surface area contributed by atoms with E-state index >= 15 is 0 Å². The molecule has 8 aromatic carbocycles. The van der Waals surface area contributed by atoms with E-state index in [2.05, 4.69) is 158 Å². The van der Waals surface area contributed by atoms with Crippen LogP contribution in [0.3, 0.4) is 0 Å². The zero-order valence-electron chi connectivity index (χ0n) is 32.9. The van der Waals surface area contributed by atoms with Gasteiger partial charge in [0.1, 0.15) is 0 Å². The lowest BCUT2D eigenvalue weighted by molar-refractivity contribution is 1.07. The van der Waals surface area contributed by atoms with Crippen LogP contribution in [-0.4, -0.2) is 24.9 Å². The fourth-order valence-corrected chi connectivity index (χ4v) is 9.01. The Bertz CT molecular complexity index is 3360. The number of benzene rings is 8. The molecule has 61 heavy (non-hydrogen) atoms. The van der Waals surface area contributed by atoms with Gasteiger partial charge in [-0.25, -0.2) is 24.9 Å². The lowest BCUT2D eigenvalue weighted by Gasteiger charge is -2.12. The molecule has 0 fully saturated rings. The van der Waals surface area contributed by atoms with E-state index in [0.29, 0.717) is 23.3 Å². The van der Waals surface area contributed by atoms with E-state index < -0.39 is 0 Å². The lowest BCUT2D eigenvalue weighted by Crippen LogP contribution is -2.00. The van der Waals surface area contributed by atoms with Crippen LogP contribution < -0.4 is 0 Å². The van der Waals surface area contributed by atoms with Crippen molar-refractivity contribution in [3.05, 3.63) is 212 Å². The van der Waals surface area contributed by atoms with E-state index in [9.17, 15) is 0 Å². The number of hydrogen-bond acceptors (Lipinski definition) is 6. The Balaban J connectivity index is 0.989. The van der Waals surface area contributed by atoms with Crippen molar-refractivity contribution in [2.45, 2.75) is 0 Å². The molecule has 286 valence electrons. The van der Waals surface area contributed by atoms with Gasteiger partial charge in [0, 0.05) is 53.6 Å². The molecule has 0 saturated heterocycles. The molecule has 0 bridgehead atoms. The largest absolute Gasteiger partial charge is 0.228 e. The maximum atomic E-state index is 5.23. The molecule has 0 unspecified atom stereocenters. The highest BCUT2D eigenvalue weighted by Gasteiger charge is 2.16. The van der Waals surface area contributed by atoms with Gasteiger partial charge in [0.2, 0.25) is 0 Å². The molecule has 11 rings (SSSR count). The summed E-state index contributed by atoms with van der Waals surface area (Å²) in [4.78, 5) is 25.5. The third-order valence-electron chi connectivity index (χ3n) is 10.9. The summed E-state index contributed by atoms with van der Waals surface area (Å²) in [7, 11) is 0. The quantitative estimate of drug-likeness (QED) is 0.153. The van der Waals surface area contributed by atoms with E-state index in [4.69, 9.17) is 24.9 Å². The number of hydrogen-bond donors (Lipinski definition) is 0. The predicted molar refractivity (Wildman–Crippen MR) is 252 cm³/mol. The minimum atomic E-state index is 0.603. The van der Waals surface area contributed by atoms with Crippen LogP contribution in [0.15, 0.2) is 212 Å². The van der Waals surface area contributed by atoms with Gasteiger partial charge in [-0.05, 0) is 58.7 Å². The van der Waals surface area contributed by atoms with Gasteiger partial charge >= 0.3 is 0 Å². The standard InChI is InChI=1S/C55H35N5S/c1-4-15-36(16-5-1)39-21-12-25-44(31-39)54-58-52(38-19-8-3-9-20-38)59-55(60-54)45-26-14-23-41(33-45)40-22-13-24-43(32-40)53-56-48(37-17-6-2-7-18-37)35-49(57-53)42-29-30-47-46-27-10-11-28-50(46)61-51(47)34-42/h1-35H. The maximum absolute atomic E-state index is 5.23. The Morgan fingerprint density at radius 2 is 0.639 bits per heavy atom. The molecule has 0 amide bonds. The van der Waals surface area contributed by atoms with Crippen LogP contribution in [0.2, 0.25) is 0 Å². The molecule has 0 spiro atoms. The summed E-state index contributed by atoms with van der Waals surface area (Å²) in [5.74, 6) is 2.51. The van der Waals surface area contributed by atoms with Gasteiger partial charge in [0.15, 0.2) is 23.3 Å². The van der Waals surface area contributed by atoms with Crippen molar-refractivity contribution >= 4 is 31.5 Å². The van der Waals surface area contributed by atoms with Crippen molar-refractivity contribution in [2.75, 3.05) is 0 Å². The highest BCUT2D eigenvalue weighted by atomic mass is 32.1. The minimum Gasteiger partial charge on any atom is -0.228 e. The summed E-state index contributed by atoms with van der Waals surface area (Å²) in [6.45, 7) is 0. The number of thiophene rings is 1. The van der Waals surface area contributed by atoms with Crippen LogP contribution in [0, 0.1) is 0 Å². The molecule has 0 aliphatic rings. The fraction of sp³-hybridized carbons (Fsp3) is 0. The molecule has 3 aromatic heterocycles. The number of nitrogens with zero attached hydrogens (tertiary/aromatic N) is 5. The Labute approximate surface area is 357 Å². The summed E-state index contributed by atoms with van der Waals surface area (Å²) in [6.07, 6.45) is 0. The molecule has 0 radical (unpaired) electrons. The second-order valence-electron chi connectivity index (χ2n) is 14.9. The van der Waals surface area contributed by atoms with Gasteiger partial charge in [0.25, 0.3) is 0 Å². The molecular formula is C55H35N5S. The second-order valence-corrected chi connectivity index (χ2v) is 16.0. The summed E-state index contributed by atoms with van der Waals surface area (Å²) in [5, 5.41) is 2.54. The zero-order valence-corrected chi connectivity index (χ0v) is 33.7. The number of rotatable bonds is 8. The molecule has 0 N–H and O–H groups in total. The smallest absolute Gasteiger partial charge is 0.164 e. The Hall–Kier alpha value is -7.93. The minimum absolute atomic E-state index is 0.603. The SMILES string of the molecule is c1ccc(-c2cccc(-c3nc(-c4ccccc4)nc(-c4cccc(-c5cccc(-c6nc(-c7ccccc7)cc(-c7ccc8c(c7)sc7ccccc78)n6)c5)c4)n3)c2)cc1. The topological polar surface area (TPSA) is 64.5 Å².